The van der Waals surface area contributed by atoms with E-state index in [1.807, 2.05) is 0 Å². The number of ketones is 1. The predicted molar refractivity (Wildman–Crippen MR) is 43.5 cm³/mol. The number of rotatable bonds is 5. The summed E-state index contributed by atoms with van der Waals surface area (Å²) in [6, 6.07) is -0.738. The van der Waals surface area contributed by atoms with Crippen LogP contribution in [0.5, 0.6) is 0 Å². The minimum atomic E-state index is -1.15. The first-order valence-electron chi connectivity index (χ1n) is 3.73. The van der Waals surface area contributed by atoms with E-state index in [9.17, 15) is 9.59 Å². The molecule has 5 nitrogen and oxygen atoms in total. The molecule has 12 heavy (non-hydrogen) atoms. The number of hydrogen-bond donors (Lipinski definition) is 3. The second-order valence-electron chi connectivity index (χ2n) is 2.66. The van der Waals surface area contributed by atoms with Crippen LogP contribution in [0.4, 0.5) is 0 Å². The molecule has 0 radical (unpaired) electrons. The van der Waals surface area contributed by atoms with Crippen LogP contribution < -0.4 is 11.5 Å². The third-order valence-corrected chi connectivity index (χ3v) is 1.55. The number of carbonyl (C=O) groups is 2. The maximum absolute atomic E-state index is 11.1. The summed E-state index contributed by atoms with van der Waals surface area (Å²) in [5.41, 5.74) is 10.4. The van der Waals surface area contributed by atoms with Crippen molar-refractivity contribution in [2.75, 3.05) is 6.54 Å². The first-order chi connectivity index (χ1) is 5.50. The molecule has 0 aromatic heterocycles. The number of carboxylic acids is 1. The van der Waals surface area contributed by atoms with E-state index in [1.54, 1.807) is 0 Å². The van der Waals surface area contributed by atoms with Crippen LogP contribution in [0.2, 0.25) is 0 Å². The average Bonchev–Trinajstić information content (AvgIpc) is 1.98. The maximum Gasteiger partial charge on any atom is 0.314 e. The van der Waals surface area contributed by atoms with E-state index < -0.39 is 23.7 Å². The second-order valence-corrected chi connectivity index (χ2v) is 2.66. The third-order valence-electron chi connectivity index (χ3n) is 1.55. The van der Waals surface area contributed by atoms with Crippen molar-refractivity contribution < 1.29 is 14.7 Å². The summed E-state index contributed by atoms with van der Waals surface area (Å²) in [7, 11) is 0. The summed E-state index contributed by atoms with van der Waals surface area (Å²) in [5, 5.41) is 8.59. The van der Waals surface area contributed by atoms with Crippen molar-refractivity contribution in [3.63, 3.8) is 0 Å². The predicted octanol–water partition coefficient (Wildman–Crippen LogP) is -1.05. The van der Waals surface area contributed by atoms with Gasteiger partial charge in [0.15, 0.2) is 5.78 Å². The molecule has 2 unspecified atom stereocenters. The molecule has 0 aliphatic rings. The fraction of sp³-hybridized carbons (Fsp3) is 0.714. The van der Waals surface area contributed by atoms with Gasteiger partial charge in [0.25, 0.3) is 0 Å². The molecule has 0 aliphatic carbocycles. The van der Waals surface area contributed by atoms with Crippen LogP contribution in [-0.4, -0.2) is 29.4 Å². The number of aliphatic carboxylic acids is 1. The highest BCUT2D eigenvalue weighted by Gasteiger charge is 2.27. The van der Waals surface area contributed by atoms with E-state index in [2.05, 4.69) is 0 Å². The summed E-state index contributed by atoms with van der Waals surface area (Å²) in [6.07, 6.45) is 0.149. The van der Waals surface area contributed by atoms with Crippen LogP contribution in [0.3, 0.4) is 0 Å². The Balaban J connectivity index is 4.30. The zero-order valence-electron chi connectivity index (χ0n) is 6.99. The quantitative estimate of drug-likeness (QED) is 0.461. The van der Waals surface area contributed by atoms with E-state index >= 15 is 0 Å². The number of Topliss-reactive ketones (excluding diaryl/α,β-unsaturated/α-hetero) is 1. The zero-order valence-corrected chi connectivity index (χ0v) is 6.99. The molecule has 5 heteroatoms. The van der Waals surface area contributed by atoms with Crippen LogP contribution >= 0.6 is 0 Å². The zero-order chi connectivity index (χ0) is 9.72. The van der Waals surface area contributed by atoms with Crippen LogP contribution in [0.1, 0.15) is 13.3 Å². The fourth-order valence-electron chi connectivity index (χ4n) is 0.871. The highest BCUT2D eigenvalue weighted by Crippen LogP contribution is 2.05. The monoisotopic (exact) mass is 174 g/mol. The molecule has 0 saturated carbocycles. The van der Waals surface area contributed by atoms with Crippen molar-refractivity contribution in [3.05, 3.63) is 0 Å². The van der Waals surface area contributed by atoms with Crippen LogP contribution in [0.25, 0.3) is 0 Å². The van der Waals surface area contributed by atoms with Gasteiger partial charge in [-0.05, 0) is 19.9 Å². The minimum Gasteiger partial charge on any atom is -0.481 e. The molecule has 70 valence electrons. The van der Waals surface area contributed by atoms with Crippen molar-refractivity contribution in [2.45, 2.75) is 19.4 Å². The molecule has 0 fully saturated rings. The lowest BCUT2D eigenvalue weighted by Crippen LogP contribution is -2.37. The van der Waals surface area contributed by atoms with E-state index in [0.29, 0.717) is 0 Å². The average molecular weight is 174 g/mol. The minimum absolute atomic E-state index is 0.149. The van der Waals surface area contributed by atoms with Gasteiger partial charge in [-0.15, -0.1) is 0 Å². The van der Waals surface area contributed by atoms with Gasteiger partial charge in [-0.3, -0.25) is 9.59 Å². The lowest BCUT2D eigenvalue weighted by Gasteiger charge is -2.11. The van der Waals surface area contributed by atoms with Crippen LogP contribution in [-0.2, 0) is 9.59 Å². The Morgan fingerprint density at radius 2 is 2.00 bits per heavy atom. The molecule has 5 N–H and O–H groups in total. The van der Waals surface area contributed by atoms with E-state index in [0.717, 1.165) is 0 Å². The molecule has 0 aliphatic heterocycles. The van der Waals surface area contributed by atoms with Gasteiger partial charge in [-0.2, -0.15) is 0 Å². The maximum atomic E-state index is 11.1. The van der Waals surface area contributed by atoms with Gasteiger partial charge in [0.1, 0.15) is 5.92 Å². The first-order valence-corrected chi connectivity index (χ1v) is 3.73. The fourth-order valence-corrected chi connectivity index (χ4v) is 0.871. The highest BCUT2D eigenvalue weighted by molar-refractivity contribution is 6.00. The van der Waals surface area contributed by atoms with Gasteiger partial charge in [0, 0.05) is 0 Å². The second kappa shape index (κ2) is 4.84. The number of nitrogens with two attached hydrogens (primary N) is 2. The largest absolute Gasteiger partial charge is 0.481 e. The third kappa shape index (κ3) is 2.98. The van der Waals surface area contributed by atoms with Crippen molar-refractivity contribution in [1.82, 2.24) is 0 Å². The molecule has 2 atom stereocenters. The Bertz CT molecular complexity index is 179. The van der Waals surface area contributed by atoms with Gasteiger partial charge < -0.3 is 16.6 Å². The molecular weight excluding hydrogens is 160 g/mol. The Labute approximate surface area is 70.7 Å². The lowest BCUT2D eigenvalue weighted by molar-refractivity contribution is -0.146. The number of hydrogen-bond acceptors (Lipinski definition) is 4. The molecular formula is C7H14N2O3. The van der Waals surface area contributed by atoms with E-state index in [4.69, 9.17) is 16.6 Å². The number of carboxylic acid groups (broad SMARTS) is 1. The molecule has 0 heterocycles. The van der Waals surface area contributed by atoms with Crippen LogP contribution in [0.15, 0.2) is 0 Å². The molecule has 0 saturated heterocycles. The van der Waals surface area contributed by atoms with Crippen molar-refractivity contribution >= 4 is 11.8 Å². The van der Waals surface area contributed by atoms with E-state index in [1.165, 1.54) is 6.92 Å². The highest BCUT2D eigenvalue weighted by atomic mass is 16.4. The smallest absolute Gasteiger partial charge is 0.314 e. The summed E-state index contributed by atoms with van der Waals surface area (Å²) < 4.78 is 0. The van der Waals surface area contributed by atoms with Gasteiger partial charge >= 0.3 is 5.97 Å². The Kier molecular flexibility index (Phi) is 4.46. The van der Waals surface area contributed by atoms with Crippen LogP contribution in [0, 0.1) is 5.92 Å². The van der Waals surface area contributed by atoms with Gasteiger partial charge in [-0.25, -0.2) is 0 Å². The van der Waals surface area contributed by atoms with Gasteiger partial charge in [0.2, 0.25) is 0 Å². The van der Waals surface area contributed by atoms with Crippen molar-refractivity contribution in [3.8, 4) is 0 Å². The normalized spacial score (nSPS) is 15.2. The molecule has 0 bridgehead atoms. The molecule has 0 spiro atoms. The molecule has 0 aromatic rings. The summed E-state index contributed by atoms with van der Waals surface area (Å²) >= 11 is 0. The van der Waals surface area contributed by atoms with Gasteiger partial charge in [0.05, 0.1) is 6.04 Å². The molecule has 0 amide bonds. The standard InChI is InChI=1S/C7H14N2O3/c1-4(9)6(10)5(2-3-8)7(11)12/h4-5H,2-3,8-9H2,1H3,(H,11,12). The molecule has 0 aromatic carbocycles. The Morgan fingerprint density at radius 3 is 2.25 bits per heavy atom. The summed E-state index contributed by atoms with van der Waals surface area (Å²) in [6.45, 7) is 1.64. The lowest BCUT2D eigenvalue weighted by atomic mass is 9.96. The Morgan fingerprint density at radius 1 is 1.50 bits per heavy atom. The van der Waals surface area contributed by atoms with E-state index in [-0.39, 0.29) is 13.0 Å². The first kappa shape index (κ1) is 11.1. The Hall–Kier alpha value is -0.940. The summed E-state index contributed by atoms with van der Waals surface area (Å²) in [5.74, 6) is -2.66. The summed E-state index contributed by atoms with van der Waals surface area (Å²) in [4.78, 5) is 21.6. The number of carbonyl (C=O) groups excluding carboxylic acids is 1. The SMILES string of the molecule is CC(N)C(=O)C(CCN)C(=O)O. The van der Waals surface area contributed by atoms with Gasteiger partial charge in [-0.1, -0.05) is 0 Å². The topological polar surface area (TPSA) is 106 Å². The molecule has 0 rings (SSSR count). The van der Waals surface area contributed by atoms with Crippen molar-refractivity contribution in [1.29, 1.82) is 0 Å². The van der Waals surface area contributed by atoms with Crippen molar-refractivity contribution in [2.24, 2.45) is 17.4 Å².